The molecule has 6 nitrogen and oxygen atoms in total. The largest absolute Gasteiger partial charge is 0.496 e. The summed E-state index contributed by atoms with van der Waals surface area (Å²) >= 11 is 0. The first kappa shape index (κ1) is 14.8. The van der Waals surface area contributed by atoms with Crippen LogP contribution in [0.4, 0.5) is 0 Å². The van der Waals surface area contributed by atoms with Crippen LogP contribution in [0.3, 0.4) is 0 Å². The maximum absolute atomic E-state index is 10.9. The molecule has 0 heterocycles. The van der Waals surface area contributed by atoms with E-state index in [1.54, 1.807) is 19.1 Å². The molecule has 6 heteroatoms. The summed E-state index contributed by atoms with van der Waals surface area (Å²) in [5, 5.41) is 10.9. The maximum Gasteiger partial charge on any atom is 0.246 e. The Morgan fingerprint density at radius 3 is 2.05 bits per heavy atom. The second-order valence-electron chi connectivity index (χ2n) is 3.69. The van der Waals surface area contributed by atoms with E-state index in [0.717, 1.165) is 0 Å². The van der Waals surface area contributed by atoms with E-state index in [9.17, 15) is 10.1 Å². The van der Waals surface area contributed by atoms with Gasteiger partial charge >= 0.3 is 0 Å². The van der Waals surface area contributed by atoms with Crippen molar-refractivity contribution in [3.8, 4) is 17.2 Å². The zero-order valence-corrected chi connectivity index (χ0v) is 11.4. The van der Waals surface area contributed by atoms with Crippen LogP contribution in [-0.4, -0.2) is 26.3 Å². The van der Waals surface area contributed by atoms with Crippen molar-refractivity contribution in [1.82, 2.24) is 0 Å². The van der Waals surface area contributed by atoms with Crippen LogP contribution in [0.15, 0.2) is 17.8 Å². The molecule has 0 unspecified atom stereocenters. The summed E-state index contributed by atoms with van der Waals surface area (Å²) in [4.78, 5) is 10.5. The fourth-order valence-corrected chi connectivity index (χ4v) is 1.63. The summed E-state index contributed by atoms with van der Waals surface area (Å²) in [6, 6.07) is 3.31. The number of hydrogen-bond acceptors (Lipinski definition) is 5. The molecule has 19 heavy (non-hydrogen) atoms. The van der Waals surface area contributed by atoms with Crippen molar-refractivity contribution in [3.63, 3.8) is 0 Å². The predicted octanol–water partition coefficient (Wildman–Crippen LogP) is 2.74. The van der Waals surface area contributed by atoms with E-state index in [1.165, 1.54) is 27.4 Å². The van der Waals surface area contributed by atoms with Gasteiger partial charge in [-0.2, -0.15) is 0 Å². The second kappa shape index (κ2) is 6.63. The van der Waals surface area contributed by atoms with Crippen LogP contribution in [0, 0.1) is 10.1 Å². The van der Waals surface area contributed by atoms with E-state index in [1.807, 2.05) is 0 Å². The van der Waals surface area contributed by atoms with Gasteiger partial charge in [-0.3, -0.25) is 10.1 Å². The number of ether oxygens (including phenoxy) is 3. The summed E-state index contributed by atoms with van der Waals surface area (Å²) in [5.41, 5.74) is 0.612. The van der Waals surface area contributed by atoms with Gasteiger partial charge in [-0.15, -0.1) is 0 Å². The van der Waals surface area contributed by atoms with Crippen LogP contribution in [0.2, 0.25) is 0 Å². The Morgan fingerprint density at radius 2 is 1.74 bits per heavy atom. The van der Waals surface area contributed by atoms with Crippen molar-refractivity contribution < 1.29 is 19.1 Å². The maximum atomic E-state index is 10.9. The van der Waals surface area contributed by atoms with E-state index in [0.29, 0.717) is 29.2 Å². The van der Waals surface area contributed by atoms with Gasteiger partial charge in [0.05, 0.1) is 31.8 Å². The molecule has 0 radical (unpaired) electrons. The fraction of sp³-hybridized carbons (Fsp3) is 0.385. The Balaban J connectivity index is 3.43. The predicted molar refractivity (Wildman–Crippen MR) is 71.4 cm³/mol. The van der Waals surface area contributed by atoms with Crippen molar-refractivity contribution in [2.45, 2.75) is 13.3 Å². The van der Waals surface area contributed by atoms with Crippen molar-refractivity contribution in [2.75, 3.05) is 21.3 Å². The first-order valence-electron chi connectivity index (χ1n) is 5.72. The molecule has 0 aliphatic carbocycles. The number of nitro groups is 1. The third kappa shape index (κ3) is 3.37. The third-order valence-electron chi connectivity index (χ3n) is 2.66. The minimum absolute atomic E-state index is 0.0850. The van der Waals surface area contributed by atoms with Crippen LogP contribution in [0.25, 0.3) is 6.08 Å². The van der Waals surface area contributed by atoms with Crippen molar-refractivity contribution in [3.05, 3.63) is 33.5 Å². The fourth-order valence-electron chi connectivity index (χ4n) is 1.63. The van der Waals surface area contributed by atoms with Gasteiger partial charge in [0.2, 0.25) is 5.70 Å². The van der Waals surface area contributed by atoms with Crippen molar-refractivity contribution in [1.29, 1.82) is 0 Å². The van der Waals surface area contributed by atoms with Crippen molar-refractivity contribution >= 4 is 6.08 Å². The molecule has 104 valence electrons. The third-order valence-corrected chi connectivity index (χ3v) is 2.66. The molecule has 0 aliphatic rings. The minimum atomic E-state index is -0.414. The molecule has 0 spiro atoms. The topological polar surface area (TPSA) is 70.8 Å². The highest BCUT2D eigenvalue weighted by atomic mass is 16.6. The summed E-state index contributed by atoms with van der Waals surface area (Å²) in [6.45, 7) is 1.72. The van der Waals surface area contributed by atoms with E-state index in [-0.39, 0.29) is 5.70 Å². The lowest BCUT2D eigenvalue weighted by Gasteiger charge is -2.12. The number of rotatable bonds is 6. The molecule has 0 bridgehead atoms. The van der Waals surface area contributed by atoms with Gasteiger partial charge in [0.25, 0.3) is 0 Å². The summed E-state index contributed by atoms with van der Waals surface area (Å²) in [6.07, 6.45) is 1.77. The molecule has 0 saturated heterocycles. The summed E-state index contributed by atoms with van der Waals surface area (Å²) in [5.74, 6) is 1.48. The highest BCUT2D eigenvalue weighted by Crippen LogP contribution is 2.35. The lowest BCUT2D eigenvalue weighted by atomic mass is 10.1. The molecule has 1 aromatic rings. The Labute approximate surface area is 111 Å². The minimum Gasteiger partial charge on any atom is -0.496 e. The number of hydrogen-bond donors (Lipinski definition) is 0. The average molecular weight is 267 g/mol. The van der Waals surface area contributed by atoms with Crippen molar-refractivity contribution in [2.24, 2.45) is 0 Å². The first-order chi connectivity index (χ1) is 9.07. The highest BCUT2D eigenvalue weighted by Gasteiger charge is 2.16. The molecule has 0 N–H and O–H groups in total. The Hall–Kier alpha value is -2.24. The van der Waals surface area contributed by atoms with E-state index < -0.39 is 4.92 Å². The van der Waals surface area contributed by atoms with Crippen LogP contribution in [-0.2, 0) is 0 Å². The molecular weight excluding hydrogens is 250 g/mol. The number of allylic oxidation sites excluding steroid dienone is 1. The van der Waals surface area contributed by atoms with Gasteiger partial charge in [0.1, 0.15) is 17.2 Å². The monoisotopic (exact) mass is 267 g/mol. The molecular formula is C13H17NO5. The van der Waals surface area contributed by atoms with Gasteiger partial charge < -0.3 is 14.2 Å². The molecule has 0 saturated carbocycles. The van der Waals surface area contributed by atoms with E-state index >= 15 is 0 Å². The number of nitrogens with zero attached hydrogens (tertiary/aromatic N) is 1. The molecule has 0 aromatic heterocycles. The quantitative estimate of drug-likeness (QED) is 0.585. The van der Waals surface area contributed by atoms with Gasteiger partial charge in [-0.1, -0.05) is 6.92 Å². The lowest BCUT2D eigenvalue weighted by Crippen LogP contribution is -1.99. The SMILES string of the molecule is CC/C(=C\c1c(OC)cc(OC)cc1OC)[N+](=O)[O-]. The standard InChI is InChI=1S/C13H17NO5/c1-5-9(14(15)16)6-11-12(18-3)7-10(17-2)8-13(11)19-4/h6-8H,5H2,1-4H3/b9-6+. The van der Waals surface area contributed by atoms with Gasteiger partial charge in [0.15, 0.2) is 0 Å². The molecule has 0 atom stereocenters. The molecule has 0 amide bonds. The number of benzene rings is 1. The summed E-state index contributed by atoms with van der Waals surface area (Å²) < 4.78 is 15.6. The smallest absolute Gasteiger partial charge is 0.246 e. The zero-order valence-electron chi connectivity index (χ0n) is 11.4. The Morgan fingerprint density at radius 1 is 1.21 bits per heavy atom. The normalized spacial score (nSPS) is 11.1. The van der Waals surface area contributed by atoms with Crippen LogP contribution in [0.5, 0.6) is 17.2 Å². The van der Waals surface area contributed by atoms with Gasteiger partial charge in [-0.25, -0.2) is 0 Å². The van der Waals surface area contributed by atoms with E-state index in [2.05, 4.69) is 0 Å². The molecule has 1 aromatic carbocycles. The first-order valence-corrected chi connectivity index (χ1v) is 5.72. The average Bonchev–Trinajstić information content (AvgIpc) is 2.43. The number of methoxy groups -OCH3 is 3. The molecule has 0 fully saturated rings. The lowest BCUT2D eigenvalue weighted by molar-refractivity contribution is -0.425. The van der Waals surface area contributed by atoms with E-state index in [4.69, 9.17) is 14.2 Å². The van der Waals surface area contributed by atoms with Crippen LogP contribution >= 0.6 is 0 Å². The Kier molecular flexibility index (Phi) is 5.17. The molecule has 1 rings (SSSR count). The Bertz CT molecular complexity index is 471. The second-order valence-corrected chi connectivity index (χ2v) is 3.69. The van der Waals surface area contributed by atoms with Crippen LogP contribution in [0.1, 0.15) is 18.9 Å². The zero-order chi connectivity index (χ0) is 14.4. The molecule has 0 aliphatic heterocycles. The van der Waals surface area contributed by atoms with Crippen LogP contribution < -0.4 is 14.2 Å². The van der Waals surface area contributed by atoms with Gasteiger partial charge in [-0.05, 0) is 0 Å². The van der Waals surface area contributed by atoms with Gasteiger partial charge in [0, 0.05) is 24.6 Å². The highest BCUT2D eigenvalue weighted by molar-refractivity contribution is 5.67. The summed E-state index contributed by atoms with van der Waals surface area (Å²) in [7, 11) is 4.50.